The van der Waals surface area contributed by atoms with Crippen LogP contribution in [0.25, 0.3) is 0 Å². The van der Waals surface area contributed by atoms with E-state index < -0.39 is 5.91 Å². The molecule has 2 heterocycles. The number of amides is 1. The first-order valence-electron chi connectivity index (χ1n) is 5.02. The standard InChI is InChI=1S/C11H9BrN2O3S/c12-9-4-3-8(17-9)10(15)14-11(18)13-6-7-2-1-5-16-7/h1-5H,6H2,(H2,13,14,15,18). The normalized spacial score (nSPS) is 10.1. The van der Waals surface area contributed by atoms with Crippen molar-refractivity contribution in [2.45, 2.75) is 6.54 Å². The third kappa shape index (κ3) is 3.44. The molecular formula is C11H9BrN2O3S. The van der Waals surface area contributed by atoms with Gasteiger partial charge in [0.05, 0.1) is 12.8 Å². The van der Waals surface area contributed by atoms with Crippen molar-refractivity contribution in [1.82, 2.24) is 10.6 Å². The van der Waals surface area contributed by atoms with Crippen molar-refractivity contribution in [2.75, 3.05) is 0 Å². The zero-order valence-electron chi connectivity index (χ0n) is 9.10. The summed E-state index contributed by atoms with van der Waals surface area (Å²) in [6.07, 6.45) is 1.57. The Labute approximate surface area is 117 Å². The summed E-state index contributed by atoms with van der Waals surface area (Å²) >= 11 is 8.09. The summed E-state index contributed by atoms with van der Waals surface area (Å²) in [7, 11) is 0. The summed E-state index contributed by atoms with van der Waals surface area (Å²) in [4.78, 5) is 11.7. The Morgan fingerprint density at radius 3 is 2.83 bits per heavy atom. The number of rotatable bonds is 3. The molecule has 0 aliphatic rings. The van der Waals surface area contributed by atoms with Crippen LogP contribution in [0.3, 0.4) is 0 Å². The summed E-state index contributed by atoms with van der Waals surface area (Å²) in [6, 6.07) is 6.77. The van der Waals surface area contributed by atoms with Gasteiger partial charge in [-0.2, -0.15) is 0 Å². The molecule has 94 valence electrons. The molecule has 0 aromatic carbocycles. The lowest BCUT2D eigenvalue weighted by atomic mass is 10.4. The second-order valence-corrected chi connectivity index (χ2v) is 4.51. The zero-order valence-corrected chi connectivity index (χ0v) is 11.5. The molecule has 2 rings (SSSR count). The van der Waals surface area contributed by atoms with Crippen LogP contribution in [0, 0.1) is 0 Å². The number of furan rings is 2. The number of nitrogens with one attached hydrogen (secondary N) is 2. The largest absolute Gasteiger partial charge is 0.467 e. The number of thiocarbonyl (C=S) groups is 1. The molecule has 0 aliphatic carbocycles. The Kier molecular flexibility index (Phi) is 4.16. The molecule has 0 spiro atoms. The lowest BCUT2D eigenvalue weighted by molar-refractivity contribution is 0.0948. The quantitative estimate of drug-likeness (QED) is 0.847. The first-order valence-corrected chi connectivity index (χ1v) is 6.22. The van der Waals surface area contributed by atoms with Crippen molar-refractivity contribution >= 4 is 39.2 Å². The fourth-order valence-corrected chi connectivity index (χ4v) is 1.70. The van der Waals surface area contributed by atoms with Gasteiger partial charge in [0.15, 0.2) is 15.5 Å². The molecule has 2 N–H and O–H groups in total. The maximum absolute atomic E-state index is 11.7. The van der Waals surface area contributed by atoms with Crippen molar-refractivity contribution in [3.8, 4) is 0 Å². The van der Waals surface area contributed by atoms with E-state index in [0.717, 1.165) is 5.76 Å². The smallest absolute Gasteiger partial charge is 0.293 e. The van der Waals surface area contributed by atoms with Gasteiger partial charge in [0, 0.05) is 0 Å². The fourth-order valence-electron chi connectivity index (χ4n) is 1.23. The van der Waals surface area contributed by atoms with Crippen LogP contribution in [0.2, 0.25) is 0 Å². The number of hydrogen-bond donors (Lipinski definition) is 2. The highest BCUT2D eigenvalue weighted by Gasteiger charge is 2.11. The van der Waals surface area contributed by atoms with Crippen LogP contribution in [0.15, 0.2) is 44.0 Å². The minimum Gasteiger partial charge on any atom is -0.467 e. The van der Waals surface area contributed by atoms with Crippen molar-refractivity contribution < 1.29 is 13.6 Å². The Bertz CT molecular complexity index is 550. The van der Waals surface area contributed by atoms with Crippen LogP contribution < -0.4 is 10.6 Å². The second kappa shape index (κ2) is 5.83. The predicted octanol–water partition coefficient (Wildman–Crippen LogP) is 2.44. The van der Waals surface area contributed by atoms with Crippen LogP contribution in [-0.2, 0) is 6.54 Å². The van der Waals surface area contributed by atoms with Crippen molar-refractivity contribution in [1.29, 1.82) is 0 Å². The minimum absolute atomic E-state index is 0.184. The summed E-state index contributed by atoms with van der Waals surface area (Å²) in [5.74, 6) is 0.508. The van der Waals surface area contributed by atoms with Crippen molar-refractivity contribution in [2.24, 2.45) is 0 Å². The molecule has 2 aromatic rings. The van der Waals surface area contributed by atoms with E-state index in [0.29, 0.717) is 11.2 Å². The Hall–Kier alpha value is -1.60. The molecule has 0 aliphatic heterocycles. The van der Waals surface area contributed by atoms with Gasteiger partial charge in [0.25, 0.3) is 5.91 Å². The highest BCUT2D eigenvalue weighted by atomic mass is 79.9. The van der Waals surface area contributed by atoms with Crippen LogP contribution in [-0.4, -0.2) is 11.0 Å². The van der Waals surface area contributed by atoms with Gasteiger partial charge in [-0.3, -0.25) is 10.1 Å². The van der Waals surface area contributed by atoms with E-state index in [9.17, 15) is 4.79 Å². The molecule has 1 amide bonds. The summed E-state index contributed by atoms with van der Waals surface area (Å²) in [5, 5.41) is 5.55. The maximum Gasteiger partial charge on any atom is 0.293 e. The van der Waals surface area contributed by atoms with Gasteiger partial charge >= 0.3 is 0 Å². The fraction of sp³-hybridized carbons (Fsp3) is 0.0909. The highest BCUT2D eigenvalue weighted by molar-refractivity contribution is 9.10. The highest BCUT2D eigenvalue weighted by Crippen LogP contribution is 2.13. The van der Waals surface area contributed by atoms with Crippen LogP contribution in [0.4, 0.5) is 0 Å². The summed E-state index contributed by atoms with van der Waals surface area (Å²) < 4.78 is 10.7. The SMILES string of the molecule is O=C(NC(=S)NCc1ccco1)c1ccc(Br)o1. The zero-order chi connectivity index (χ0) is 13.0. The number of carbonyl (C=O) groups is 1. The van der Waals surface area contributed by atoms with E-state index in [4.69, 9.17) is 21.1 Å². The maximum atomic E-state index is 11.7. The van der Waals surface area contributed by atoms with Crippen LogP contribution in [0.5, 0.6) is 0 Å². The van der Waals surface area contributed by atoms with Gasteiger partial charge in [-0.15, -0.1) is 0 Å². The molecule has 0 radical (unpaired) electrons. The first-order chi connectivity index (χ1) is 8.65. The third-order valence-electron chi connectivity index (χ3n) is 2.03. The van der Waals surface area contributed by atoms with Crippen LogP contribution in [0.1, 0.15) is 16.3 Å². The number of hydrogen-bond acceptors (Lipinski definition) is 4. The molecule has 7 heteroatoms. The molecule has 0 atom stereocenters. The van der Waals surface area contributed by atoms with Crippen LogP contribution >= 0.6 is 28.1 Å². The van der Waals surface area contributed by atoms with Gasteiger partial charge < -0.3 is 14.2 Å². The van der Waals surface area contributed by atoms with Gasteiger partial charge in [-0.1, -0.05) is 0 Å². The van der Waals surface area contributed by atoms with E-state index in [1.54, 1.807) is 30.5 Å². The van der Waals surface area contributed by atoms with Gasteiger partial charge in [0.2, 0.25) is 0 Å². The molecule has 0 saturated heterocycles. The van der Waals surface area contributed by atoms with Crippen molar-refractivity contribution in [3.63, 3.8) is 0 Å². The van der Waals surface area contributed by atoms with Gasteiger partial charge in [0.1, 0.15) is 5.76 Å². The van der Waals surface area contributed by atoms with Gasteiger partial charge in [-0.05, 0) is 52.4 Å². The minimum atomic E-state index is -0.405. The average molecular weight is 329 g/mol. The van der Waals surface area contributed by atoms with E-state index in [-0.39, 0.29) is 10.9 Å². The molecule has 2 aromatic heterocycles. The lowest BCUT2D eigenvalue weighted by Gasteiger charge is -2.06. The molecule has 0 saturated carbocycles. The number of halogens is 1. The van der Waals surface area contributed by atoms with E-state index in [2.05, 4.69) is 26.6 Å². The molecular weight excluding hydrogens is 320 g/mol. The molecule has 0 fully saturated rings. The lowest BCUT2D eigenvalue weighted by Crippen LogP contribution is -2.38. The second-order valence-electron chi connectivity index (χ2n) is 3.32. The molecule has 5 nitrogen and oxygen atoms in total. The monoisotopic (exact) mass is 328 g/mol. The Morgan fingerprint density at radius 2 is 2.22 bits per heavy atom. The topological polar surface area (TPSA) is 67.4 Å². The van der Waals surface area contributed by atoms with E-state index >= 15 is 0 Å². The summed E-state index contributed by atoms with van der Waals surface area (Å²) in [5.41, 5.74) is 0. The average Bonchev–Trinajstić information content (AvgIpc) is 2.97. The molecule has 18 heavy (non-hydrogen) atoms. The Morgan fingerprint density at radius 1 is 1.39 bits per heavy atom. The first kappa shape index (κ1) is 12.8. The third-order valence-corrected chi connectivity index (χ3v) is 2.70. The van der Waals surface area contributed by atoms with E-state index in [1.807, 2.05) is 0 Å². The Balaban J connectivity index is 1.82. The van der Waals surface area contributed by atoms with E-state index in [1.165, 1.54) is 0 Å². The predicted molar refractivity (Wildman–Crippen MR) is 72.0 cm³/mol. The molecule has 0 unspecified atom stereocenters. The van der Waals surface area contributed by atoms with Gasteiger partial charge in [-0.25, -0.2) is 0 Å². The summed E-state index contributed by atoms with van der Waals surface area (Å²) in [6.45, 7) is 0.411. The van der Waals surface area contributed by atoms with Crippen molar-refractivity contribution in [3.05, 3.63) is 46.7 Å². The number of carbonyl (C=O) groups excluding carboxylic acids is 1. The molecule has 0 bridgehead atoms.